The van der Waals surface area contributed by atoms with E-state index in [1.165, 1.54) is 34.6 Å². The topological polar surface area (TPSA) is 26.3 Å². The smallest absolute Gasteiger partial charge is 0.343 e. The molecule has 0 saturated carbocycles. The van der Waals surface area contributed by atoms with E-state index < -0.39 is 0 Å². The summed E-state index contributed by atoms with van der Waals surface area (Å²) < 4.78 is 5.70. The number of hydrogen-bond acceptors (Lipinski definition) is 2. The van der Waals surface area contributed by atoms with Crippen LogP contribution in [-0.2, 0) is 10.9 Å². The van der Waals surface area contributed by atoms with Crippen LogP contribution in [0.1, 0.15) is 23.2 Å². The molecule has 1 fully saturated rings. The zero-order chi connectivity index (χ0) is 16.4. The van der Waals surface area contributed by atoms with Gasteiger partial charge < -0.3 is 4.74 Å². The summed E-state index contributed by atoms with van der Waals surface area (Å²) in [5.41, 5.74) is 0.573. The highest BCUT2D eigenvalue weighted by Gasteiger charge is 2.29. The maximum Gasteiger partial charge on any atom is 0.343 e. The number of carbonyl (C=O) groups excluding carboxylic acids is 1. The summed E-state index contributed by atoms with van der Waals surface area (Å²) >= 11 is 0. The Bertz CT molecular complexity index is 867. The Hall–Kier alpha value is -2.26. The van der Waals surface area contributed by atoms with Gasteiger partial charge in [-0.25, -0.2) is 4.79 Å². The summed E-state index contributed by atoms with van der Waals surface area (Å²) in [6.45, 7) is 0. The number of carbonyl (C=O) groups is 1. The van der Waals surface area contributed by atoms with Crippen molar-refractivity contribution in [1.82, 2.24) is 0 Å². The number of rotatable bonds is 3. The minimum Gasteiger partial charge on any atom is -0.422 e. The van der Waals surface area contributed by atoms with Crippen LogP contribution in [0.4, 0.5) is 0 Å². The van der Waals surface area contributed by atoms with E-state index >= 15 is 0 Å². The first-order valence-electron chi connectivity index (χ1n) is 8.29. The molecule has 1 aliphatic rings. The molecule has 0 unspecified atom stereocenters. The van der Waals surface area contributed by atoms with E-state index in [0.717, 1.165) is 5.39 Å². The van der Waals surface area contributed by atoms with E-state index in [1.54, 1.807) is 12.1 Å². The largest absolute Gasteiger partial charge is 0.422 e. The molecule has 2 nitrogen and oxygen atoms in total. The molecule has 0 spiro atoms. The van der Waals surface area contributed by atoms with Crippen molar-refractivity contribution in [3.63, 3.8) is 0 Å². The summed E-state index contributed by atoms with van der Waals surface area (Å²) in [5.74, 6) is 2.91. The SMILES string of the molecule is O=C(Oc1ccc([S+]2CCCC2)c2ccccc12)c1ccccc1. The van der Waals surface area contributed by atoms with E-state index in [2.05, 4.69) is 18.2 Å². The lowest BCUT2D eigenvalue weighted by Crippen LogP contribution is -2.09. The van der Waals surface area contributed by atoms with Gasteiger partial charge in [-0.15, -0.1) is 0 Å². The first kappa shape index (κ1) is 15.3. The van der Waals surface area contributed by atoms with E-state index in [0.29, 0.717) is 22.2 Å². The second-order valence-electron chi connectivity index (χ2n) is 5.97. The highest BCUT2D eigenvalue weighted by Crippen LogP contribution is 2.34. The summed E-state index contributed by atoms with van der Waals surface area (Å²) in [6, 6.07) is 21.5. The van der Waals surface area contributed by atoms with Gasteiger partial charge in [-0.2, -0.15) is 0 Å². The standard InChI is InChI=1S/C21H19O2S/c22-21(16-8-2-1-3-9-16)23-19-12-13-20(24-14-6-7-15-24)18-11-5-4-10-17(18)19/h1-5,8-13H,6-7,14-15H2/q+1. The summed E-state index contributed by atoms with van der Waals surface area (Å²) in [6.07, 6.45) is 2.64. The van der Waals surface area contributed by atoms with Crippen molar-refractivity contribution in [2.45, 2.75) is 17.7 Å². The average Bonchev–Trinajstić information content (AvgIpc) is 3.17. The molecule has 1 heterocycles. The first-order valence-corrected chi connectivity index (χ1v) is 9.86. The molecule has 1 saturated heterocycles. The first-order chi connectivity index (χ1) is 11.8. The van der Waals surface area contributed by atoms with Crippen molar-refractivity contribution in [3.05, 3.63) is 72.3 Å². The van der Waals surface area contributed by atoms with Crippen LogP contribution in [0.15, 0.2) is 71.6 Å². The van der Waals surface area contributed by atoms with Crippen LogP contribution < -0.4 is 4.74 Å². The normalized spacial score (nSPS) is 14.8. The second-order valence-corrected chi connectivity index (χ2v) is 8.21. The number of benzene rings is 3. The Morgan fingerprint density at radius 3 is 2.21 bits per heavy atom. The lowest BCUT2D eigenvalue weighted by atomic mass is 10.1. The fourth-order valence-electron chi connectivity index (χ4n) is 3.19. The monoisotopic (exact) mass is 335 g/mol. The van der Waals surface area contributed by atoms with Crippen molar-refractivity contribution in [1.29, 1.82) is 0 Å². The van der Waals surface area contributed by atoms with Gasteiger partial charge in [0, 0.05) is 21.7 Å². The second kappa shape index (κ2) is 6.70. The third-order valence-corrected chi connectivity index (χ3v) is 6.94. The zero-order valence-corrected chi connectivity index (χ0v) is 14.2. The van der Waals surface area contributed by atoms with Crippen LogP contribution in [0.2, 0.25) is 0 Å². The van der Waals surface area contributed by atoms with Crippen molar-refractivity contribution in [2.24, 2.45) is 0 Å². The quantitative estimate of drug-likeness (QED) is 0.389. The summed E-state index contributed by atoms with van der Waals surface area (Å²) in [7, 11) is 0.337. The number of esters is 1. The highest BCUT2D eigenvalue weighted by molar-refractivity contribution is 7.97. The molecule has 0 atom stereocenters. The van der Waals surface area contributed by atoms with Gasteiger partial charge >= 0.3 is 5.97 Å². The molecule has 0 amide bonds. The predicted octanol–water partition coefficient (Wildman–Crippen LogP) is 4.83. The van der Waals surface area contributed by atoms with Crippen LogP contribution >= 0.6 is 0 Å². The molecule has 4 rings (SSSR count). The average molecular weight is 335 g/mol. The van der Waals surface area contributed by atoms with Crippen molar-refractivity contribution in [3.8, 4) is 5.75 Å². The molecule has 24 heavy (non-hydrogen) atoms. The molecular formula is C21H19O2S+. The molecule has 0 bridgehead atoms. The predicted molar refractivity (Wildman–Crippen MR) is 99.9 cm³/mol. The van der Waals surface area contributed by atoms with Gasteiger partial charge in [-0.1, -0.05) is 36.4 Å². The summed E-state index contributed by atoms with van der Waals surface area (Å²) in [5, 5.41) is 2.25. The van der Waals surface area contributed by atoms with E-state index in [4.69, 9.17) is 4.74 Å². The number of fused-ring (bicyclic) bond motifs is 1. The lowest BCUT2D eigenvalue weighted by Gasteiger charge is -2.10. The van der Waals surface area contributed by atoms with Gasteiger partial charge in [0.15, 0.2) is 4.90 Å². The van der Waals surface area contributed by atoms with Gasteiger partial charge in [0.05, 0.1) is 5.56 Å². The van der Waals surface area contributed by atoms with Crippen LogP contribution in [0.25, 0.3) is 10.8 Å². The Balaban J connectivity index is 1.72. The maximum atomic E-state index is 12.4. The van der Waals surface area contributed by atoms with E-state index in [1.807, 2.05) is 36.4 Å². The molecule has 1 aliphatic heterocycles. The minimum absolute atomic E-state index is 0.309. The molecule has 0 aromatic heterocycles. The molecular weight excluding hydrogens is 316 g/mol. The molecule has 3 heteroatoms. The highest BCUT2D eigenvalue weighted by atomic mass is 32.2. The zero-order valence-electron chi connectivity index (χ0n) is 13.4. The molecule has 0 radical (unpaired) electrons. The number of hydrogen-bond donors (Lipinski definition) is 0. The van der Waals surface area contributed by atoms with Crippen LogP contribution in [0.3, 0.4) is 0 Å². The van der Waals surface area contributed by atoms with Crippen LogP contribution in [0.5, 0.6) is 5.75 Å². The van der Waals surface area contributed by atoms with Gasteiger partial charge in [-0.05, 0) is 43.2 Å². The molecule has 3 aromatic carbocycles. The maximum absolute atomic E-state index is 12.4. The third kappa shape index (κ3) is 2.92. The van der Waals surface area contributed by atoms with E-state index in [9.17, 15) is 4.79 Å². The Morgan fingerprint density at radius 1 is 0.792 bits per heavy atom. The minimum atomic E-state index is -0.309. The summed E-state index contributed by atoms with van der Waals surface area (Å²) in [4.78, 5) is 13.8. The van der Waals surface area contributed by atoms with Gasteiger partial charge in [-0.3, -0.25) is 0 Å². The van der Waals surface area contributed by atoms with Crippen molar-refractivity contribution >= 4 is 27.6 Å². The van der Waals surface area contributed by atoms with E-state index in [-0.39, 0.29) is 5.97 Å². The molecule has 0 aliphatic carbocycles. The van der Waals surface area contributed by atoms with Gasteiger partial charge in [0.1, 0.15) is 17.3 Å². The van der Waals surface area contributed by atoms with Crippen molar-refractivity contribution < 1.29 is 9.53 Å². The molecule has 120 valence electrons. The lowest BCUT2D eigenvalue weighted by molar-refractivity contribution is 0.0737. The Kier molecular flexibility index (Phi) is 4.26. The van der Waals surface area contributed by atoms with Gasteiger partial charge in [0.25, 0.3) is 0 Å². The molecule has 0 N–H and O–H groups in total. The Morgan fingerprint density at radius 2 is 1.46 bits per heavy atom. The fraction of sp³-hybridized carbons (Fsp3) is 0.190. The Labute approximate surface area is 144 Å². The molecule has 3 aromatic rings. The fourth-order valence-corrected chi connectivity index (χ4v) is 5.69. The van der Waals surface area contributed by atoms with Crippen LogP contribution in [-0.4, -0.2) is 17.5 Å². The number of ether oxygens (including phenoxy) is 1. The van der Waals surface area contributed by atoms with Crippen molar-refractivity contribution in [2.75, 3.05) is 11.5 Å². The van der Waals surface area contributed by atoms with Crippen LogP contribution in [0, 0.1) is 0 Å². The van der Waals surface area contributed by atoms with Gasteiger partial charge in [0.2, 0.25) is 0 Å². The third-order valence-electron chi connectivity index (χ3n) is 4.40.